The summed E-state index contributed by atoms with van der Waals surface area (Å²) in [4.78, 5) is 43.5. The number of benzene rings is 2. The predicted octanol–water partition coefficient (Wildman–Crippen LogP) is 3.39. The highest BCUT2D eigenvalue weighted by Gasteiger charge is 2.35. The lowest BCUT2D eigenvalue weighted by atomic mass is 9.95. The number of carbonyl (C=O) groups excluding carboxylic acids is 1. The zero-order chi connectivity index (χ0) is 29.1. The van der Waals surface area contributed by atoms with Crippen LogP contribution in [-0.2, 0) is 14.3 Å². The smallest absolute Gasteiger partial charge is 0.338 e. The Kier molecular flexibility index (Phi) is 7.99. The van der Waals surface area contributed by atoms with Crippen LogP contribution in [0, 0.1) is 0 Å². The third kappa shape index (κ3) is 5.49. The maximum absolute atomic E-state index is 13.9. The van der Waals surface area contributed by atoms with E-state index >= 15 is 0 Å². The maximum Gasteiger partial charge on any atom is 0.338 e. The number of aromatic nitrogens is 1. The van der Waals surface area contributed by atoms with Gasteiger partial charge in [0.05, 0.1) is 35.1 Å². The van der Waals surface area contributed by atoms with Crippen molar-refractivity contribution >= 4 is 29.4 Å². The molecule has 2 aromatic carbocycles. The van der Waals surface area contributed by atoms with Gasteiger partial charge >= 0.3 is 11.9 Å². The zero-order valence-electron chi connectivity index (χ0n) is 22.5. The number of aromatic carboxylic acids is 1. The van der Waals surface area contributed by atoms with Crippen LogP contribution in [0.3, 0.4) is 0 Å². The van der Waals surface area contributed by atoms with E-state index in [0.717, 1.165) is 11.3 Å². The number of carbonyl (C=O) groups is 2. The van der Waals surface area contributed by atoms with E-state index in [1.807, 2.05) is 0 Å². The van der Waals surface area contributed by atoms with Gasteiger partial charge in [-0.25, -0.2) is 14.6 Å². The highest BCUT2D eigenvalue weighted by atomic mass is 32.1. The summed E-state index contributed by atoms with van der Waals surface area (Å²) in [5, 5.41) is 9.30. The molecule has 1 atom stereocenters. The molecule has 0 radical (unpaired) electrons. The Labute approximate surface area is 238 Å². The molecule has 210 valence electrons. The molecular formula is C30H26N2O8S. The number of fused-ring (bicyclic) bond motifs is 1. The average Bonchev–Trinajstić information content (AvgIpc) is 3.56. The topological polar surface area (TPSA) is 130 Å². The largest absolute Gasteiger partial charge is 0.496 e. The first-order valence-corrected chi connectivity index (χ1v) is 13.4. The standard InChI is InChI=1S/C30H26N2O8S/c1-17-25(29(36)39-14-13-37-2)26(21-9-4-5-10-23(21)38-3)32-27(33)24(41-30(32)31-17)16-20-11-12-22(40-20)18-7-6-8-19(15-18)28(34)35/h4-12,15-16,26H,13-14H2,1-3H3,(H,34,35). The summed E-state index contributed by atoms with van der Waals surface area (Å²) in [7, 11) is 3.03. The number of thiazole rings is 1. The van der Waals surface area contributed by atoms with Gasteiger partial charge in [-0.15, -0.1) is 0 Å². The van der Waals surface area contributed by atoms with Gasteiger partial charge in [0.25, 0.3) is 5.56 Å². The van der Waals surface area contributed by atoms with Crippen molar-refractivity contribution in [1.29, 1.82) is 0 Å². The first-order valence-electron chi connectivity index (χ1n) is 12.6. The van der Waals surface area contributed by atoms with Crippen molar-refractivity contribution in [2.24, 2.45) is 4.99 Å². The van der Waals surface area contributed by atoms with Gasteiger partial charge in [0.2, 0.25) is 0 Å². The number of hydrogen-bond acceptors (Lipinski definition) is 9. The summed E-state index contributed by atoms with van der Waals surface area (Å²) < 4.78 is 23.8. The Morgan fingerprint density at radius 2 is 1.90 bits per heavy atom. The fourth-order valence-electron chi connectivity index (χ4n) is 4.58. The molecular weight excluding hydrogens is 548 g/mol. The van der Waals surface area contributed by atoms with E-state index in [9.17, 15) is 19.5 Å². The van der Waals surface area contributed by atoms with E-state index in [4.69, 9.17) is 18.6 Å². The van der Waals surface area contributed by atoms with Crippen molar-refractivity contribution in [3.05, 3.63) is 109 Å². The van der Waals surface area contributed by atoms with Gasteiger partial charge in [0.15, 0.2) is 4.80 Å². The van der Waals surface area contributed by atoms with Crippen LogP contribution in [-0.4, -0.2) is 49.0 Å². The van der Waals surface area contributed by atoms with Gasteiger partial charge in [-0.2, -0.15) is 0 Å². The van der Waals surface area contributed by atoms with E-state index in [0.29, 0.717) is 43.4 Å². The van der Waals surface area contributed by atoms with E-state index in [-0.39, 0.29) is 29.9 Å². The minimum Gasteiger partial charge on any atom is -0.496 e. The molecule has 11 heteroatoms. The first kappa shape index (κ1) is 27.8. The third-order valence-corrected chi connectivity index (χ3v) is 7.47. The molecule has 0 amide bonds. The molecule has 0 aliphatic carbocycles. The maximum atomic E-state index is 13.9. The number of allylic oxidation sites excluding steroid dienone is 1. The number of carboxylic acid groups (broad SMARTS) is 1. The van der Waals surface area contributed by atoms with Crippen molar-refractivity contribution in [2.45, 2.75) is 13.0 Å². The Morgan fingerprint density at radius 3 is 2.66 bits per heavy atom. The summed E-state index contributed by atoms with van der Waals surface area (Å²) in [6.45, 7) is 1.98. The molecule has 1 N–H and O–H groups in total. The number of esters is 1. The molecule has 0 saturated carbocycles. The third-order valence-electron chi connectivity index (χ3n) is 6.49. The lowest BCUT2D eigenvalue weighted by Crippen LogP contribution is -2.40. The molecule has 5 rings (SSSR count). The number of carboxylic acids is 1. The summed E-state index contributed by atoms with van der Waals surface area (Å²) in [6, 6.07) is 16.1. The van der Waals surface area contributed by atoms with Crippen molar-refractivity contribution in [2.75, 3.05) is 27.4 Å². The predicted molar refractivity (Wildman–Crippen MR) is 151 cm³/mol. The van der Waals surface area contributed by atoms with Crippen LogP contribution >= 0.6 is 11.3 Å². The van der Waals surface area contributed by atoms with Crippen molar-refractivity contribution in [3.8, 4) is 17.1 Å². The second-order valence-electron chi connectivity index (χ2n) is 9.04. The van der Waals surface area contributed by atoms with Crippen LogP contribution in [0.1, 0.15) is 34.6 Å². The second kappa shape index (κ2) is 11.8. The van der Waals surface area contributed by atoms with E-state index < -0.39 is 18.0 Å². The van der Waals surface area contributed by atoms with Crippen LogP contribution in [0.25, 0.3) is 17.4 Å². The molecule has 3 heterocycles. The van der Waals surface area contributed by atoms with Crippen molar-refractivity contribution in [1.82, 2.24) is 4.57 Å². The molecule has 0 fully saturated rings. The Hall–Kier alpha value is -4.74. The van der Waals surface area contributed by atoms with Crippen LogP contribution in [0.5, 0.6) is 5.75 Å². The monoisotopic (exact) mass is 574 g/mol. The molecule has 41 heavy (non-hydrogen) atoms. The molecule has 1 unspecified atom stereocenters. The van der Waals surface area contributed by atoms with Crippen molar-refractivity contribution in [3.63, 3.8) is 0 Å². The van der Waals surface area contributed by atoms with Crippen LogP contribution in [0.2, 0.25) is 0 Å². The summed E-state index contributed by atoms with van der Waals surface area (Å²) in [6.07, 6.45) is 1.60. The number of para-hydroxylation sites is 1. The summed E-state index contributed by atoms with van der Waals surface area (Å²) >= 11 is 1.16. The van der Waals surface area contributed by atoms with Gasteiger partial charge in [-0.3, -0.25) is 9.36 Å². The van der Waals surface area contributed by atoms with Gasteiger partial charge in [-0.1, -0.05) is 41.7 Å². The Bertz CT molecular complexity index is 1850. The molecule has 0 bridgehead atoms. The minimum absolute atomic E-state index is 0.0470. The highest BCUT2D eigenvalue weighted by Crippen LogP contribution is 2.35. The molecule has 10 nitrogen and oxygen atoms in total. The molecule has 4 aromatic rings. The van der Waals surface area contributed by atoms with E-state index in [1.54, 1.807) is 61.5 Å². The normalized spacial score (nSPS) is 14.9. The van der Waals surface area contributed by atoms with Crippen molar-refractivity contribution < 1.29 is 33.3 Å². The number of rotatable bonds is 9. The Morgan fingerprint density at radius 1 is 1.10 bits per heavy atom. The molecule has 2 aromatic heterocycles. The average molecular weight is 575 g/mol. The molecule has 0 spiro atoms. The summed E-state index contributed by atoms with van der Waals surface area (Å²) in [5.41, 5.74) is 1.61. The molecule has 0 saturated heterocycles. The first-order chi connectivity index (χ1) is 19.8. The van der Waals surface area contributed by atoms with Gasteiger partial charge in [0, 0.05) is 24.3 Å². The number of ether oxygens (including phenoxy) is 3. The van der Waals surface area contributed by atoms with Gasteiger partial charge < -0.3 is 23.7 Å². The van der Waals surface area contributed by atoms with Crippen LogP contribution < -0.4 is 19.6 Å². The van der Waals surface area contributed by atoms with E-state index in [1.165, 1.54) is 30.9 Å². The van der Waals surface area contributed by atoms with E-state index in [2.05, 4.69) is 4.99 Å². The lowest BCUT2D eigenvalue weighted by Gasteiger charge is -2.26. The fourth-order valence-corrected chi connectivity index (χ4v) is 5.61. The highest BCUT2D eigenvalue weighted by molar-refractivity contribution is 7.07. The summed E-state index contributed by atoms with van der Waals surface area (Å²) in [5.74, 6) is -0.289. The second-order valence-corrected chi connectivity index (χ2v) is 10.0. The number of methoxy groups -OCH3 is 2. The minimum atomic E-state index is -1.04. The number of nitrogens with zero attached hydrogens (tertiary/aromatic N) is 2. The van der Waals surface area contributed by atoms with Crippen LogP contribution in [0.4, 0.5) is 0 Å². The van der Waals surface area contributed by atoms with Gasteiger partial charge in [0.1, 0.15) is 29.9 Å². The number of furan rings is 1. The number of hydrogen-bond donors (Lipinski definition) is 1. The Balaban J connectivity index is 1.61. The van der Waals surface area contributed by atoms with Crippen LogP contribution in [0.15, 0.2) is 86.1 Å². The molecule has 1 aliphatic heterocycles. The zero-order valence-corrected chi connectivity index (χ0v) is 23.3. The SMILES string of the molecule is COCCOC(=O)C1=C(C)N=c2sc(=Cc3ccc(-c4cccc(C(=O)O)c4)o3)c(=O)n2C1c1ccccc1OC. The molecule has 1 aliphatic rings. The van der Waals surface area contributed by atoms with Gasteiger partial charge in [-0.05, 0) is 37.3 Å². The lowest BCUT2D eigenvalue weighted by molar-refractivity contribution is -0.140. The quantitative estimate of drug-likeness (QED) is 0.238. The fraction of sp³-hybridized carbons (Fsp3) is 0.200.